The molecule has 0 aliphatic heterocycles. The van der Waals surface area contributed by atoms with Crippen molar-refractivity contribution in [1.82, 2.24) is 9.88 Å². The number of aryl methyl sites for hydroxylation is 1. The molecule has 0 radical (unpaired) electrons. The van der Waals surface area contributed by atoms with E-state index in [0.29, 0.717) is 23.2 Å². The van der Waals surface area contributed by atoms with Crippen molar-refractivity contribution >= 4 is 28.4 Å². The van der Waals surface area contributed by atoms with Gasteiger partial charge in [-0.15, -0.1) is 0 Å². The second-order valence-electron chi connectivity index (χ2n) is 4.87. The summed E-state index contributed by atoms with van der Waals surface area (Å²) in [6, 6.07) is 7.52. The zero-order chi connectivity index (χ0) is 13.3. The summed E-state index contributed by atoms with van der Waals surface area (Å²) in [6.45, 7) is 4.81. The quantitative estimate of drug-likeness (QED) is 0.907. The Hall–Kier alpha value is -1.48. The molecule has 1 aromatic carbocycles. The monoisotopic (exact) mass is 264 g/mol. The van der Waals surface area contributed by atoms with E-state index in [-0.39, 0.29) is 5.91 Å². The molecule has 2 aromatic rings. The highest BCUT2D eigenvalue weighted by Crippen LogP contribution is 2.26. The molecule has 0 aliphatic carbocycles. The van der Waals surface area contributed by atoms with Crippen molar-refractivity contribution in [1.29, 1.82) is 0 Å². The van der Waals surface area contributed by atoms with Gasteiger partial charge in [-0.1, -0.05) is 31.5 Å². The van der Waals surface area contributed by atoms with E-state index in [1.807, 2.05) is 35.9 Å². The highest BCUT2D eigenvalue weighted by Gasteiger charge is 2.14. The summed E-state index contributed by atoms with van der Waals surface area (Å²) in [5.41, 5.74) is 1.61. The molecule has 1 aromatic heterocycles. The highest BCUT2D eigenvalue weighted by molar-refractivity contribution is 6.35. The van der Waals surface area contributed by atoms with Crippen LogP contribution in [0.15, 0.2) is 24.3 Å². The molecule has 96 valence electrons. The molecular weight excluding hydrogens is 248 g/mol. The van der Waals surface area contributed by atoms with E-state index in [0.717, 1.165) is 10.9 Å². The lowest BCUT2D eigenvalue weighted by atomic mass is 10.2. The minimum Gasteiger partial charge on any atom is -0.351 e. The first kappa shape index (κ1) is 13.0. The Kier molecular flexibility index (Phi) is 3.62. The molecule has 0 bridgehead atoms. The molecule has 4 heteroatoms. The van der Waals surface area contributed by atoms with Crippen molar-refractivity contribution in [2.75, 3.05) is 6.54 Å². The van der Waals surface area contributed by atoms with E-state index in [4.69, 9.17) is 11.6 Å². The average molecular weight is 265 g/mol. The van der Waals surface area contributed by atoms with Crippen LogP contribution in [0, 0.1) is 5.92 Å². The fourth-order valence-electron chi connectivity index (χ4n) is 1.93. The number of rotatable bonds is 3. The van der Waals surface area contributed by atoms with Crippen molar-refractivity contribution in [3.05, 3.63) is 35.0 Å². The fraction of sp³-hybridized carbons (Fsp3) is 0.357. The van der Waals surface area contributed by atoms with Crippen molar-refractivity contribution in [3.8, 4) is 0 Å². The van der Waals surface area contributed by atoms with Gasteiger partial charge >= 0.3 is 0 Å². The third kappa shape index (κ3) is 2.36. The largest absolute Gasteiger partial charge is 0.351 e. The third-order valence-electron chi connectivity index (χ3n) is 2.94. The maximum absolute atomic E-state index is 12.1. The summed E-state index contributed by atoms with van der Waals surface area (Å²) >= 11 is 6.13. The van der Waals surface area contributed by atoms with Crippen LogP contribution in [0.1, 0.15) is 24.3 Å². The van der Waals surface area contributed by atoms with Crippen molar-refractivity contribution in [2.45, 2.75) is 13.8 Å². The summed E-state index contributed by atoms with van der Waals surface area (Å²) in [5.74, 6) is 0.380. The SMILES string of the molecule is CC(C)CNC(=O)c1cc2c(Cl)cccc2n1C. The number of carbonyl (C=O) groups excluding carboxylic acids is 1. The summed E-state index contributed by atoms with van der Waals surface area (Å²) in [5, 5.41) is 4.50. The van der Waals surface area contributed by atoms with Gasteiger partial charge in [-0.25, -0.2) is 0 Å². The van der Waals surface area contributed by atoms with Crippen LogP contribution in [0.4, 0.5) is 0 Å². The molecule has 1 heterocycles. The number of hydrogen-bond donors (Lipinski definition) is 1. The number of carbonyl (C=O) groups is 1. The first-order valence-electron chi connectivity index (χ1n) is 6.03. The minimum absolute atomic E-state index is 0.0570. The molecule has 1 amide bonds. The number of halogens is 1. The van der Waals surface area contributed by atoms with Crippen molar-refractivity contribution in [3.63, 3.8) is 0 Å². The van der Waals surface area contributed by atoms with Gasteiger partial charge in [0, 0.05) is 29.5 Å². The van der Waals surface area contributed by atoms with Gasteiger partial charge in [-0.05, 0) is 24.1 Å². The first-order valence-corrected chi connectivity index (χ1v) is 6.40. The Bertz CT molecular complexity index is 587. The first-order chi connectivity index (χ1) is 8.50. The second kappa shape index (κ2) is 5.02. The van der Waals surface area contributed by atoms with E-state index >= 15 is 0 Å². The van der Waals surface area contributed by atoms with Gasteiger partial charge in [0.1, 0.15) is 5.69 Å². The lowest BCUT2D eigenvalue weighted by Gasteiger charge is -2.08. The zero-order valence-electron chi connectivity index (χ0n) is 10.8. The standard InChI is InChI=1S/C14H17ClN2O/c1-9(2)8-16-14(18)13-7-10-11(15)5-4-6-12(10)17(13)3/h4-7,9H,8H2,1-3H3,(H,16,18). The number of benzene rings is 1. The highest BCUT2D eigenvalue weighted by atomic mass is 35.5. The van der Waals surface area contributed by atoms with Gasteiger partial charge in [0.15, 0.2) is 0 Å². The number of aromatic nitrogens is 1. The molecule has 1 N–H and O–H groups in total. The Morgan fingerprint density at radius 2 is 2.17 bits per heavy atom. The Morgan fingerprint density at radius 3 is 2.78 bits per heavy atom. The summed E-state index contributed by atoms with van der Waals surface area (Å²) in [7, 11) is 1.88. The van der Waals surface area contributed by atoms with E-state index in [1.54, 1.807) is 0 Å². The van der Waals surface area contributed by atoms with Crippen molar-refractivity contribution < 1.29 is 4.79 Å². The average Bonchev–Trinajstić information content (AvgIpc) is 2.66. The molecule has 0 unspecified atom stereocenters. The molecular formula is C14H17ClN2O. The molecule has 2 rings (SSSR count). The normalized spacial score (nSPS) is 11.2. The molecule has 0 saturated carbocycles. The number of nitrogens with zero attached hydrogens (tertiary/aromatic N) is 1. The maximum Gasteiger partial charge on any atom is 0.267 e. The van der Waals surface area contributed by atoms with Gasteiger partial charge in [0.25, 0.3) is 5.91 Å². The van der Waals surface area contributed by atoms with Crippen LogP contribution in [-0.2, 0) is 7.05 Å². The zero-order valence-corrected chi connectivity index (χ0v) is 11.6. The smallest absolute Gasteiger partial charge is 0.267 e. The topological polar surface area (TPSA) is 34.0 Å². The second-order valence-corrected chi connectivity index (χ2v) is 5.27. The van der Waals surface area contributed by atoms with Gasteiger partial charge in [0.2, 0.25) is 0 Å². The minimum atomic E-state index is -0.0570. The number of amides is 1. The van der Waals surface area contributed by atoms with E-state index in [1.165, 1.54) is 0 Å². The predicted octanol–water partition coefficient (Wildman–Crippen LogP) is 3.22. The lowest BCUT2D eigenvalue weighted by Crippen LogP contribution is -2.28. The Balaban J connectivity index is 2.37. The summed E-state index contributed by atoms with van der Waals surface area (Å²) in [6.07, 6.45) is 0. The van der Waals surface area contributed by atoms with E-state index < -0.39 is 0 Å². The summed E-state index contributed by atoms with van der Waals surface area (Å²) < 4.78 is 1.87. The van der Waals surface area contributed by atoms with Gasteiger partial charge in [0.05, 0.1) is 0 Å². The van der Waals surface area contributed by atoms with Crippen LogP contribution in [-0.4, -0.2) is 17.0 Å². The number of hydrogen-bond acceptors (Lipinski definition) is 1. The molecule has 0 atom stereocenters. The van der Waals surface area contributed by atoms with E-state index in [9.17, 15) is 4.79 Å². The molecule has 3 nitrogen and oxygen atoms in total. The summed E-state index contributed by atoms with van der Waals surface area (Å²) in [4.78, 5) is 12.1. The molecule has 18 heavy (non-hydrogen) atoms. The molecule has 0 saturated heterocycles. The maximum atomic E-state index is 12.1. The van der Waals surface area contributed by atoms with Crippen LogP contribution in [0.25, 0.3) is 10.9 Å². The molecule has 0 spiro atoms. The fourth-order valence-corrected chi connectivity index (χ4v) is 2.15. The molecule has 0 aliphatic rings. The van der Waals surface area contributed by atoms with Gasteiger partial charge in [-0.3, -0.25) is 4.79 Å². The predicted molar refractivity (Wildman–Crippen MR) is 75.1 cm³/mol. The van der Waals surface area contributed by atoms with Crippen LogP contribution in [0.2, 0.25) is 5.02 Å². The van der Waals surface area contributed by atoms with Crippen LogP contribution in [0.3, 0.4) is 0 Å². The number of nitrogens with one attached hydrogen (secondary N) is 1. The third-order valence-corrected chi connectivity index (χ3v) is 3.27. The lowest BCUT2D eigenvalue weighted by molar-refractivity contribution is 0.0941. The van der Waals surface area contributed by atoms with E-state index in [2.05, 4.69) is 19.2 Å². The van der Waals surface area contributed by atoms with Gasteiger partial charge < -0.3 is 9.88 Å². The molecule has 0 fully saturated rings. The van der Waals surface area contributed by atoms with Crippen molar-refractivity contribution in [2.24, 2.45) is 13.0 Å². The van der Waals surface area contributed by atoms with Crippen LogP contribution < -0.4 is 5.32 Å². The van der Waals surface area contributed by atoms with Gasteiger partial charge in [-0.2, -0.15) is 0 Å². The van der Waals surface area contributed by atoms with Crippen LogP contribution in [0.5, 0.6) is 0 Å². The van der Waals surface area contributed by atoms with Crippen LogP contribution >= 0.6 is 11.6 Å². The Labute approximate surface area is 112 Å². The number of fused-ring (bicyclic) bond motifs is 1. The Morgan fingerprint density at radius 1 is 1.44 bits per heavy atom.